The molecule has 0 spiro atoms. The van der Waals surface area contributed by atoms with Gasteiger partial charge in [0.05, 0.1) is 12.7 Å². The highest BCUT2D eigenvalue weighted by molar-refractivity contribution is 4.99. The molecule has 2 rings (SSSR count). The fraction of sp³-hybridized carbons (Fsp3) is 0.727. The molecule has 0 radical (unpaired) electrons. The highest BCUT2D eigenvalue weighted by Crippen LogP contribution is 2.03. The van der Waals surface area contributed by atoms with E-state index in [4.69, 9.17) is 0 Å². The van der Waals surface area contributed by atoms with E-state index in [-0.39, 0.29) is 0 Å². The summed E-state index contributed by atoms with van der Waals surface area (Å²) in [4.78, 5) is 2.52. The van der Waals surface area contributed by atoms with E-state index in [1.165, 1.54) is 5.56 Å². The van der Waals surface area contributed by atoms with Crippen LogP contribution in [0, 0.1) is 6.92 Å². The number of aromatic nitrogens is 2. The van der Waals surface area contributed by atoms with Gasteiger partial charge < -0.3 is 5.32 Å². The van der Waals surface area contributed by atoms with Crippen LogP contribution < -0.4 is 5.32 Å². The average Bonchev–Trinajstić information content (AvgIpc) is 2.63. The topological polar surface area (TPSA) is 33.1 Å². The van der Waals surface area contributed by atoms with Gasteiger partial charge in [-0.25, -0.2) is 0 Å². The first-order valence-electron chi connectivity index (χ1n) is 5.69. The van der Waals surface area contributed by atoms with Crippen LogP contribution in [0.5, 0.6) is 0 Å². The Bertz CT molecular complexity index is 307. The molecule has 2 heterocycles. The van der Waals surface area contributed by atoms with E-state index in [0.717, 1.165) is 32.7 Å². The highest BCUT2D eigenvalue weighted by Gasteiger charge is 2.16. The largest absolute Gasteiger partial charge is 0.314 e. The van der Waals surface area contributed by atoms with Crippen molar-refractivity contribution < 1.29 is 0 Å². The summed E-state index contributed by atoms with van der Waals surface area (Å²) in [6, 6.07) is 0.649. The first-order valence-corrected chi connectivity index (χ1v) is 5.69. The van der Waals surface area contributed by atoms with Crippen molar-refractivity contribution >= 4 is 0 Å². The van der Waals surface area contributed by atoms with Crippen LogP contribution in [0.4, 0.5) is 0 Å². The number of rotatable bonds is 3. The fourth-order valence-corrected chi connectivity index (χ4v) is 2.04. The number of piperazine rings is 1. The normalized spacial score (nSPS) is 23.2. The van der Waals surface area contributed by atoms with E-state index in [1.807, 2.05) is 10.9 Å². The highest BCUT2D eigenvalue weighted by atomic mass is 15.3. The SMILES string of the molecule is Cc1cnn(CCN2CCNCC2C)c1. The Kier molecular flexibility index (Phi) is 3.38. The van der Waals surface area contributed by atoms with E-state index in [1.54, 1.807) is 0 Å². The zero-order valence-corrected chi connectivity index (χ0v) is 9.61. The maximum atomic E-state index is 4.30. The summed E-state index contributed by atoms with van der Waals surface area (Å²) in [6.45, 7) is 9.83. The molecule has 0 aromatic carbocycles. The van der Waals surface area contributed by atoms with E-state index >= 15 is 0 Å². The fourth-order valence-electron chi connectivity index (χ4n) is 2.04. The molecule has 0 amide bonds. The molecule has 15 heavy (non-hydrogen) atoms. The van der Waals surface area contributed by atoms with Gasteiger partial charge in [-0.15, -0.1) is 0 Å². The Morgan fingerprint density at radius 2 is 2.40 bits per heavy atom. The third-order valence-electron chi connectivity index (χ3n) is 3.02. The molecule has 0 saturated carbocycles. The molecule has 1 aromatic rings. The van der Waals surface area contributed by atoms with Gasteiger partial charge >= 0.3 is 0 Å². The van der Waals surface area contributed by atoms with Crippen molar-refractivity contribution in [2.75, 3.05) is 26.2 Å². The number of nitrogens with one attached hydrogen (secondary N) is 1. The zero-order chi connectivity index (χ0) is 10.7. The van der Waals surface area contributed by atoms with Gasteiger partial charge in [0.25, 0.3) is 0 Å². The van der Waals surface area contributed by atoms with Crippen LogP contribution in [-0.4, -0.2) is 46.9 Å². The lowest BCUT2D eigenvalue weighted by atomic mass is 10.2. The van der Waals surface area contributed by atoms with E-state index in [0.29, 0.717) is 6.04 Å². The Balaban J connectivity index is 1.81. The van der Waals surface area contributed by atoms with Crippen molar-refractivity contribution in [2.24, 2.45) is 0 Å². The molecule has 1 saturated heterocycles. The molecule has 1 fully saturated rings. The van der Waals surface area contributed by atoms with Gasteiger partial charge in [-0.05, 0) is 19.4 Å². The van der Waals surface area contributed by atoms with Gasteiger partial charge in [-0.2, -0.15) is 5.10 Å². The lowest BCUT2D eigenvalue weighted by Crippen LogP contribution is -2.50. The minimum atomic E-state index is 0.649. The van der Waals surface area contributed by atoms with Crippen LogP contribution in [0.15, 0.2) is 12.4 Å². The summed E-state index contributed by atoms with van der Waals surface area (Å²) >= 11 is 0. The summed E-state index contributed by atoms with van der Waals surface area (Å²) in [6.07, 6.45) is 4.02. The van der Waals surface area contributed by atoms with Crippen molar-refractivity contribution in [2.45, 2.75) is 26.4 Å². The number of hydrogen-bond acceptors (Lipinski definition) is 3. The summed E-state index contributed by atoms with van der Waals surface area (Å²) in [5, 5.41) is 7.70. The molecule has 4 heteroatoms. The van der Waals surface area contributed by atoms with Crippen LogP contribution in [0.3, 0.4) is 0 Å². The standard InChI is InChI=1S/C11H20N4/c1-10-7-13-15(9-10)6-5-14-4-3-12-8-11(14)2/h7,9,11-12H,3-6,8H2,1-2H3. The van der Waals surface area contributed by atoms with Crippen LogP contribution in [-0.2, 0) is 6.54 Å². The second-order valence-corrected chi connectivity index (χ2v) is 4.37. The van der Waals surface area contributed by atoms with Crippen molar-refractivity contribution in [3.8, 4) is 0 Å². The minimum Gasteiger partial charge on any atom is -0.314 e. The van der Waals surface area contributed by atoms with Gasteiger partial charge in [0.1, 0.15) is 0 Å². The molecule has 1 aliphatic heterocycles. The first-order chi connectivity index (χ1) is 7.25. The van der Waals surface area contributed by atoms with E-state index in [2.05, 4.69) is 35.4 Å². The first kappa shape index (κ1) is 10.6. The Morgan fingerprint density at radius 3 is 3.07 bits per heavy atom. The van der Waals surface area contributed by atoms with Gasteiger partial charge in [0.2, 0.25) is 0 Å². The number of aryl methyl sites for hydroxylation is 1. The van der Waals surface area contributed by atoms with Crippen molar-refractivity contribution in [3.63, 3.8) is 0 Å². The average molecular weight is 208 g/mol. The monoisotopic (exact) mass is 208 g/mol. The predicted molar refractivity (Wildman–Crippen MR) is 60.9 cm³/mol. The molecular weight excluding hydrogens is 188 g/mol. The van der Waals surface area contributed by atoms with Crippen LogP contribution in [0.1, 0.15) is 12.5 Å². The van der Waals surface area contributed by atoms with Crippen LogP contribution in [0.2, 0.25) is 0 Å². The Labute approximate surface area is 91.3 Å². The Morgan fingerprint density at radius 1 is 1.53 bits per heavy atom. The summed E-state index contributed by atoms with van der Waals surface area (Å²) in [7, 11) is 0. The molecular formula is C11H20N4. The second-order valence-electron chi connectivity index (χ2n) is 4.37. The smallest absolute Gasteiger partial charge is 0.0536 e. The van der Waals surface area contributed by atoms with Crippen LogP contribution in [0.25, 0.3) is 0 Å². The third kappa shape index (κ3) is 2.79. The molecule has 84 valence electrons. The summed E-state index contributed by atoms with van der Waals surface area (Å²) in [5.74, 6) is 0. The van der Waals surface area contributed by atoms with Crippen LogP contribution >= 0.6 is 0 Å². The quantitative estimate of drug-likeness (QED) is 0.784. The lowest BCUT2D eigenvalue weighted by Gasteiger charge is -2.33. The molecule has 1 unspecified atom stereocenters. The number of hydrogen-bond donors (Lipinski definition) is 1. The maximum Gasteiger partial charge on any atom is 0.0536 e. The molecule has 1 N–H and O–H groups in total. The molecule has 1 aliphatic rings. The third-order valence-corrected chi connectivity index (χ3v) is 3.02. The predicted octanol–water partition coefficient (Wildman–Crippen LogP) is 0.485. The number of nitrogens with zero attached hydrogens (tertiary/aromatic N) is 3. The van der Waals surface area contributed by atoms with Crippen molar-refractivity contribution in [1.82, 2.24) is 20.0 Å². The maximum absolute atomic E-state index is 4.30. The zero-order valence-electron chi connectivity index (χ0n) is 9.61. The molecule has 1 atom stereocenters. The molecule has 0 aliphatic carbocycles. The lowest BCUT2D eigenvalue weighted by molar-refractivity contribution is 0.166. The molecule has 0 bridgehead atoms. The van der Waals surface area contributed by atoms with Crippen molar-refractivity contribution in [1.29, 1.82) is 0 Å². The summed E-state index contributed by atoms with van der Waals surface area (Å²) in [5.41, 5.74) is 1.24. The van der Waals surface area contributed by atoms with Gasteiger partial charge in [0.15, 0.2) is 0 Å². The minimum absolute atomic E-state index is 0.649. The van der Waals surface area contributed by atoms with Gasteiger partial charge in [-0.1, -0.05) is 0 Å². The molecule has 1 aromatic heterocycles. The summed E-state index contributed by atoms with van der Waals surface area (Å²) < 4.78 is 2.03. The van der Waals surface area contributed by atoms with E-state index < -0.39 is 0 Å². The Hall–Kier alpha value is -0.870. The van der Waals surface area contributed by atoms with Gasteiger partial charge in [-0.3, -0.25) is 9.58 Å². The van der Waals surface area contributed by atoms with Gasteiger partial charge in [0, 0.05) is 38.4 Å². The van der Waals surface area contributed by atoms with E-state index in [9.17, 15) is 0 Å². The second kappa shape index (κ2) is 4.77. The molecule has 4 nitrogen and oxygen atoms in total. The van der Waals surface area contributed by atoms with Crippen molar-refractivity contribution in [3.05, 3.63) is 18.0 Å².